The molecule has 30 heavy (non-hydrogen) atoms. The normalized spacial score (nSPS) is 42.8. The van der Waals surface area contributed by atoms with Crippen molar-refractivity contribution in [1.29, 1.82) is 0 Å². The molecule has 0 radical (unpaired) electrons. The zero-order valence-corrected chi connectivity index (χ0v) is 18.3. The van der Waals surface area contributed by atoms with Crippen molar-refractivity contribution in [3.05, 3.63) is 36.5 Å². The Morgan fingerprint density at radius 2 is 2.00 bits per heavy atom. The number of halogens is 1. The van der Waals surface area contributed by atoms with Crippen LogP contribution in [0.2, 0.25) is 0 Å². The number of nitrogens with one attached hydrogen (secondary N) is 2. The topological polar surface area (TPSA) is 61.4 Å². The highest BCUT2D eigenvalue weighted by Crippen LogP contribution is 2.72. The number of carbonyl (C=O) groups is 1. The molecule has 4 saturated carbocycles. The van der Waals surface area contributed by atoms with Gasteiger partial charge in [0.05, 0.1) is 24.2 Å². The van der Waals surface area contributed by atoms with Crippen LogP contribution >= 0.6 is 0 Å². The van der Waals surface area contributed by atoms with Crippen molar-refractivity contribution < 1.29 is 14.3 Å². The summed E-state index contributed by atoms with van der Waals surface area (Å²) in [4.78, 5) is 13.7. The molecule has 1 saturated heterocycles. The van der Waals surface area contributed by atoms with Crippen molar-refractivity contribution >= 4 is 5.91 Å². The van der Waals surface area contributed by atoms with Crippen molar-refractivity contribution in [1.82, 2.24) is 10.6 Å². The smallest absolute Gasteiger partial charge is 0.226 e. The average molecular weight is 417 g/mol. The predicted octanol–water partition coefficient (Wildman–Crippen LogP) is 3.83. The van der Waals surface area contributed by atoms with Gasteiger partial charge in [-0.05, 0) is 87.2 Å². The summed E-state index contributed by atoms with van der Waals surface area (Å²) in [6, 6.07) is -0.197. The van der Waals surface area contributed by atoms with E-state index in [-0.39, 0.29) is 29.5 Å². The maximum Gasteiger partial charge on any atom is 0.226 e. The number of carbonyl (C=O) groups excluding carboxylic acids is 1. The fourth-order valence-electron chi connectivity index (χ4n) is 7.52. The van der Waals surface area contributed by atoms with Crippen LogP contribution in [-0.4, -0.2) is 42.9 Å². The Morgan fingerprint density at radius 1 is 1.23 bits per heavy atom. The molecule has 0 spiro atoms. The summed E-state index contributed by atoms with van der Waals surface area (Å²) in [7, 11) is 0. The predicted molar refractivity (Wildman–Crippen MR) is 118 cm³/mol. The molecular weight excluding hydrogens is 379 g/mol. The lowest BCUT2D eigenvalue weighted by atomic mass is 9.37. The van der Waals surface area contributed by atoms with Gasteiger partial charge in [-0.1, -0.05) is 30.9 Å². The van der Waals surface area contributed by atoms with Crippen molar-refractivity contribution in [2.75, 3.05) is 19.8 Å². The van der Waals surface area contributed by atoms with Crippen LogP contribution in [0.15, 0.2) is 36.5 Å². The molecule has 5 fully saturated rings. The van der Waals surface area contributed by atoms with E-state index in [0.717, 1.165) is 57.1 Å². The molecule has 1 heterocycles. The fourth-order valence-corrected chi connectivity index (χ4v) is 7.52. The first-order valence-electron chi connectivity index (χ1n) is 11.6. The number of allylic oxidation sites excluding steroid dienone is 5. The second-order valence-corrected chi connectivity index (χ2v) is 10.6. The highest BCUT2D eigenvalue weighted by atomic mass is 19.1. The number of piperidine rings is 1. The summed E-state index contributed by atoms with van der Waals surface area (Å²) >= 11 is 0. The molecule has 0 aromatic carbocycles. The van der Waals surface area contributed by atoms with E-state index in [4.69, 9.17) is 0 Å². The van der Waals surface area contributed by atoms with Crippen LogP contribution in [0.3, 0.4) is 0 Å². The summed E-state index contributed by atoms with van der Waals surface area (Å²) in [5, 5.41) is 16.7. The Labute approximate surface area is 180 Å². The summed E-state index contributed by atoms with van der Waals surface area (Å²) in [6.07, 6.45) is 14.4. The average Bonchev–Trinajstić information content (AvgIpc) is 2.68. The van der Waals surface area contributed by atoms with Gasteiger partial charge in [-0.2, -0.15) is 0 Å². The van der Waals surface area contributed by atoms with E-state index in [9.17, 15) is 14.3 Å². The minimum absolute atomic E-state index is 0.0791. The van der Waals surface area contributed by atoms with Gasteiger partial charge in [-0.15, -0.1) is 0 Å². The minimum atomic E-state index is -0.552. The molecule has 4 bridgehead atoms. The highest BCUT2D eigenvalue weighted by Gasteiger charge is 2.65. The van der Waals surface area contributed by atoms with Gasteiger partial charge in [0, 0.05) is 6.54 Å². The lowest BCUT2D eigenvalue weighted by Gasteiger charge is -2.66. The molecule has 2 unspecified atom stereocenters. The molecule has 4 nitrogen and oxygen atoms in total. The molecule has 0 aromatic rings. The van der Waals surface area contributed by atoms with Crippen LogP contribution < -0.4 is 10.6 Å². The minimum Gasteiger partial charge on any atom is -0.390 e. The number of aliphatic hydroxyl groups is 1. The van der Waals surface area contributed by atoms with Gasteiger partial charge in [0.2, 0.25) is 5.91 Å². The standard InChI is InChI=1S/C25H37FN2O2/c1-3-4-5-6-18(2)24-12-19-11-23(15-24,8-9-26)16-25(13-19,17-24)22(30)28-20-7-10-27-14-21(20)29/h3-6,19-21,27,29H,2,7-17H2,1H3,(H,28,30)/b4-3-,6-5-/t19?,20-,21-,23-,24-,25?/m1/s1. The van der Waals surface area contributed by atoms with Crippen LogP contribution in [-0.2, 0) is 4.79 Å². The zero-order chi connectivity index (χ0) is 21.4. The molecule has 4 aliphatic carbocycles. The highest BCUT2D eigenvalue weighted by molar-refractivity contribution is 5.84. The molecule has 1 aliphatic heterocycles. The summed E-state index contributed by atoms with van der Waals surface area (Å²) in [5.74, 6) is 0.527. The van der Waals surface area contributed by atoms with Crippen molar-refractivity contribution in [3.8, 4) is 0 Å². The van der Waals surface area contributed by atoms with Gasteiger partial charge in [-0.25, -0.2) is 0 Å². The molecule has 0 aromatic heterocycles. The molecule has 5 aliphatic rings. The SMILES string of the molecule is C=C(/C=C\C=C/C)[C@]12CC3CC(C(=O)N[C@@H]4CCNC[C@H]4O)(C[C@](CCF)(C3)C1)C2. The Kier molecular flexibility index (Phi) is 5.97. The Bertz CT molecular complexity index is 749. The third kappa shape index (κ3) is 3.80. The number of rotatable bonds is 7. The summed E-state index contributed by atoms with van der Waals surface area (Å²) in [6.45, 7) is 7.42. The number of alkyl halides is 1. The monoisotopic (exact) mass is 416 g/mol. The quantitative estimate of drug-likeness (QED) is 0.553. The third-order valence-corrected chi connectivity index (χ3v) is 8.34. The molecular formula is C25H37FN2O2. The van der Waals surface area contributed by atoms with Crippen LogP contribution in [0.1, 0.15) is 58.3 Å². The lowest BCUT2D eigenvalue weighted by molar-refractivity contribution is -0.172. The van der Waals surface area contributed by atoms with Crippen molar-refractivity contribution in [2.24, 2.45) is 22.2 Å². The van der Waals surface area contributed by atoms with E-state index >= 15 is 0 Å². The molecule has 5 rings (SSSR count). The van der Waals surface area contributed by atoms with Gasteiger partial charge in [0.1, 0.15) is 0 Å². The number of amides is 1. The Morgan fingerprint density at radius 3 is 2.73 bits per heavy atom. The van der Waals surface area contributed by atoms with Gasteiger partial charge in [0.25, 0.3) is 0 Å². The van der Waals surface area contributed by atoms with Gasteiger partial charge in [-0.3, -0.25) is 9.18 Å². The molecule has 166 valence electrons. The first-order chi connectivity index (χ1) is 14.4. The first kappa shape index (κ1) is 21.8. The number of hydrogen-bond donors (Lipinski definition) is 3. The molecule has 1 amide bonds. The van der Waals surface area contributed by atoms with E-state index in [1.54, 1.807) is 0 Å². The van der Waals surface area contributed by atoms with E-state index in [0.29, 0.717) is 18.9 Å². The first-order valence-corrected chi connectivity index (χ1v) is 11.6. The summed E-state index contributed by atoms with van der Waals surface area (Å²) < 4.78 is 13.6. The molecule has 6 atom stereocenters. The van der Waals surface area contributed by atoms with E-state index in [2.05, 4.69) is 23.3 Å². The second kappa shape index (κ2) is 8.23. The van der Waals surface area contributed by atoms with Crippen LogP contribution in [0.25, 0.3) is 0 Å². The van der Waals surface area contributed by atoms with Crippen LogP contribution in [0, 0.1) is 22.2 Å². The molecule has 3 N–H and O–H groups in total. The maximum atomic E-state index is 13.7. The fraction of sp³-hybridized carbons (Fsp3) is 0.720. The Balaban J connectivity index is 1.63. The van der Waals surface area contributed by atoms with E-state index < -0.39 is 11.5 Å². The van der Waals surface area contributed by atoms with E-state index in [1.165, 1.54) is 0 Å². The van der Waals surface area contributed by atoms with Gasteiger partial charge >= 0.3 is 0 Å². The largest absolute Gasteiger partial charge is 0.390 e. The van der Waals surface area contributed by atoms with Gasteiger partial charge < -0.3 is 15.7 Å². The van der Waals surface area contributed by atoms with Crippen molar-refractivity contribution in [2.45, 2.75) is 70.4 Å². The van der Waals surface area contributed by atoms with Crippen molar-refractivity contribution in [3.63, 3.8) is 0 Å². The zero-order valence-electron chi connectivity index (χ0n) is 18.3. The second-order valence-electron chi connectivity index (χ2n) is 10.6. The van der Waals surface area contributed by atoms with E-state index in [1.807, 2.05) is 25.2 Å². The Hall–Kier alpha value is -1.46. The van der Waals surface area contributed by atoms with Crippen LogP contribution in [0.5, 0.6) is 0 Å². The summed E-state index contributed by atoms with van der Waals surface area (Å²) in [5.41, 5.74) is 0.412. The number of aliphatic hydroxyl groups excluding tert-OH is 1. The van der Waals surface area contributed by atoms with Crippen LogP contribution in [0.4, 0.5) is 4.39 Å². The third-order valence-electron chi connectivity index (χ3n) is 8.34. The number of β-amino-alcohol motifs (C(OH)–C–C–N with tert-alkyl or cyclic N) is 1. The maximum absolute atomic E-state index is 13.7. The van der Waals surface area contributed by atoms with Gasteiger partial charge in [0.15, 0.2) is 0 Å². The number of hydrogen-bond acceptors (Lipinski definition) is 3. The molecule has 5 heteroatoms. The lowest BCUT2D eigenvalue weighted by Crippen LogP contribution is -2.64.